The predicted molar refractivity (Wildman–Crippen MR) is 93.9 cm³/mol. The molecule has 4 rings (SSSR count). The summed E-state index contributed by atoms with van der Waals surface area (Å²) in [5, 5.41) is 3.50. The van der Waals surface area contributed by atoms with E-state index in [0.29, 0.717) is 0 Å². The summed E-state index contributed by atoms with van der Waals surface area (Å²) < 4.78 is 3.38. The van der Waals surface area contributed by atoms with Crippen molar-refractivity contribution in [2.75, 3.05) is 11.9 Å². The number of anilines is 1. The molecule has 3 aromatic rings. The molecule has 0 fully saturated rings. The predicted octanol–water partition coefficient (Wildman–Crippen LogP) is 4.11. The smallest absolute Gasteiger partial charge is 0.0997 e. The Morgan fingerprint density at radius 2 is 1.95 bits per heavy atom. The van der Waals surface area contributed by atoms with Crippen LogP contribution in [-0.2, 0) is 6.42 Å². The van der Waals surface area contributed by atoms with Gasteiger partial charge >= 0.3 is 0 Å². The summed E-state index contributed by atoms with van der Waals surface area (Å²) in [5.41, 5.74) is 6.13. The summed E-state index contributed by atoms with van der Waals surface area (Å²) in [5.74, 6) is 0. The summed E-state index contributed by atoms with van der Waals surface area (Å²) in [7, 11) is 0. The minimum absolute atomic E-state index is 1.02. The summed E-state index contributed by atoms with van der Waals surface area (Å²) in [6.07, 6.45) is 4.92. The molecule has 0 saturated heterocycles. The first kappa shape index (κ1) is 12.9. The Kier molecular flexibility index (Phi) is 3.18. The van der Waals surface area contributed by atoms with Crippen molar-refractivity contribution in [3.63, 3.8) is 0 Å². The third kappa shape index (κ3) is 2.23. The van der Waals surface area contributed by atoms with Crippen LogP contribution in [0.4, 0.5) is 5.69 Å². The van der Waals surface area contributed by atoms with E-state index in [1.165, 1.54) is 20.4 Å². The second kappa shape index (κ2) is 5.18. The highest BCUT2D eigenvalue weighted by Crippen LogP contribution is 2.35. The van der Waals surface area contributed by atoms with Gasteiger partial charge in [-0.3, -0.25) is 4.57 Å². The van der Waals surface area contributed by atoms with Crippen molar-refractivity contribution in [2.24, 2.45) is 0 Å². The Hall–Kier alpha value is -1.82. The number of aromatic nitrogens is 2. The monoisotopic (exact) mass is 387 g/mol. The number of nitrogens with one attached hydrogen (secondary N) is 1. The third-order valence-electron chi connectivity index (χ3n) is 3.87. The number of rotatable bonds is 2. The van der Waals surface area contributed by atoms with E-state index in [9.17, 15) is 0 Å². The van der Waals surface area contributed by atoms with Crippen molar-refractivity contribution in [3.05, 3.63) is 64.1 Å². The van der Waals surface area contributed by atoms with Crippen molar-refractivity contribution in [1.29, 1.82) is 0 Å². The van der Waals surface area contributed by atoms with Crippen molar-refractivity contribution in [1.82, 2.24) is 9.55 Å². The quantitative estimate of drug-likeness (QED) is 0.671. The van der Waals surface area contributed by atoms with Gasteiger partial charge in [0.05, 0.1) is 18.2 Å². The molecule has 4 heteroatoms. The molecule has 1 aliphatic rings. The van der Waals surface area contributed by atoms with E-state index in [1.54, 1.807) is 0 Å². The average molecular weight is 387 g/mol. The number of hydrogen-bond acceptors (Lipinski definition) is 2. The van der Waals surface area contributed by atoms with Gasteiger partial charge in [-0.1, -0.05) is 18.2 Å². The highest BCUT2D eigenvalue weighted by Gasteiger charge is 2.17. The van der Waals surface area contributed by atoms with Gasteiger partial charge in [0.15, 0.2) is 0 Å². The maximum Gasteiger partial charge on any atom is 0.0997 e. The summed E-state index contributed by atoms with van der Waals surface area (Å²) in [6.45, 7) is 1.02. The van der Waals surface area contributed by atoms with Crippen LogP contribution in [0.1, 0.15) is 5.56 Å². The number of imidazole rings is 1. The van der Waals surface area contributed by atoms with Crippen LogP contribution < -0.4 is 5.32 Å². The molecule has 0 radical (unpaired) electrons. The lowest BCUT2D eigenvalue weighted by Crippen LogP contribution is -1.98. The third-order valence-corrected chi connectivity index (χ3v) is 4.59. The molecule has 2 heterocycles. The van der Waals surface area contributed by atoms with E-state index in [0.717, 1.165) is 24.3 Å². The molecule has 0 unspecified atom stereocenters. The van der Waals surface area contributed by atoms with Crippen LogP contribution in [0.2, 0.25) is 0 Å². The Bertz CT molecular complexity index is 790. The lowest BCUT2D eigenvalue weighted by molar-refractivity contribution is 1.06. The van der Waals surface area contributed by atoms with Gasteiger partial charge in [-0.25, -0.2) is 4.98 Å². The Morgan fingerprint density at radius 1 is 1.10 bits per heavy atom. The molecule has 0 aliphatic carbocycles. The molecular weight excluding hydrogens is 373 g/mol. The molecule has 3 nitrogen and oxygen atoms in total. The van der Waals surface area contributed by atoms with E-state index in [1.807, 2.05) is 12.5 Å². The fourth-order valence-corrected chi connectivity index (χ4v) is 3.21. The van der Waals surface area contributed by atoms with Gasteiger partial charge < -0.3 is 5.32 Å². The minimum atomic E-state index is 1.02. The van der Waals surface area contributed by atoms with Gasteiger partial charge in [0, 0.05) is 27.1 Å². The first-order valence-corrected chi connectivity index (χ1v) is 8.05. The van der Waals surface area contributed by atoms with Crippen molar-refractivity contribution in [2.45, 2.75) is 6.42 Å². The normalized spacial score (nSPS) is 13.0. The first-order chi connectivity index (χ1) is 10.3. The SMILES string of the molecule is Ic1ccc(-n2cncc2-c2cccc3c2NCC3)cc1. The van der Waals surface area contributed by atoms with Gasteiger partial charge in [-0.15, -0.1) is 0 Å². The van der Waals surface area contributed by atoms with Crippen molar-refractivity contribution in [3.8, 4) is 16.9 Å². The molecule has 0 amide bonds. The van der Waals surface area contributed by atoms with Crippen LogP contribution in [0, 0.1) is 3.57 Å². The number of halogens is 1. The minimum Gasteiger partial charge on any atom is -0.384 e. The highest BCUT2D eigenvalue weighted by molar-refractivity contribution is 14.1. The fourth-order valence-electron chi connectivity index (χ4n) is 2.85. The van der Waals surface area contributed by atoms with Crippen LogP contribution >= 0.6 is 22.6 Å². The molecule has 0 bridgehead atoms. The van der Waals surface area contributed by atoms with Crippen LogP contribution in [0.3, 0.4) is 0 Å². The molecule has 104 valence electrons. The number of benzene rings is 2. The zero-order valence-corrected chi connectivity index (χ0v) is 13.5. The number of hydrogen-bond donors (Lipinski definition) is 1. The maximum atomic E-state index is 4.36. The van der Waals surface area contributed by atoms with E-state index in [2.05, 4.69) is 79.9 Å². The lowest BCUT2D eigenvalue weighted by Gasteiger charge is -2.12. The van der Waals surface area contributed by atoms with Crippen LogP contribution in [0.25, 0.3) is 16.9 Å². The number of fused-ring (bicyclic) bond motifs is 1. The standard InChI is InChI=1S/C17H14IN3/c18-13-4-6-14(7-5-13)21-11-19-10-16(21)15-3-1-2-12-8-9-20-17(12)15/h1-7,10-11,20H,8-9H2. The van der Waals surface area contributed by atoms with Gasteiger partial charge in [0.25, 0.3) is 0 Å². The Morgan fingerprint density at radius 3 is 2.81 bits per heavy atom. The van der Waals surface area contributed by atoms with E-state index >= 15 is 0 Å². The fraction of sp³-hybridized carbons (Fsp3) is 0.118. The van der Waals surface area contributed by atoms with Gasteiger partial charge in [-0.2, -0.15) is 0 Å². The first-order valence-electron chi connectivity index (χ1n) is 6.97. The van der Waals surface area contributed by atoms with E-state index < -0.39 is 0 Å². The summed E-state index contributed by atoms with van der Waals surface area (Å²) >= 11 is 2.32. The molecule has 0 spiro atoms. The molecule has 0 saturated carbocycles. The lowest BCUT2D eigenvalue weighted by atomic mass is 10.1. The largest absolute Gasteiger partial charge is 0.384 e. The Balaban J connectivity index is 1.86. The molecule has 1 aromatic heterocycles. The molecule has 1 aliphatic heterocycles. The number of nitrogens with zero attached hydrogens (tertiary/aromatic N) is 2. The highest BCUT2D eigenvalue weighted by atomic mass is 127. The summed E-state index contributed by atoms with van der Waals surface area (Å²) in [4.78, 5) is 4.36. The molecule has 21 heavy (non-hydrogen) atoms. The van der Waals surface area contributed by atoms with Gasteiger partial charge in [-0.05, 0) is 58.8 Å². The number of para-hydroxylation sites is 1. The van der Waals surface area contributed by atoms with Gasteiger partial charge in [0.1, 0.15) is 0 Å². The molecule has 2 aromatic carbocycles. The van der Waals surface area contributed by atoms with Crippen molar-refractivity contribution < 1.29 is 0 Å². The van der Waals surface area contributed by atoms with Crippen LogP contribution in [0.5, 0.6) is 0 Å². The second-order valence-electron chi connectivity index (χ2n) is 5.14. The molecular formula is C17H14IN3. The topological polar surface area (TPSA) is 29.9 Å². The van der Waals surface area contributed by atoms with Gasteiger partial charge in [0.2, 0.25) is 0 Å². The summed E-state index contributed by atoms with van der Waals surface area (Å²) in [6, 6.07) is 15.0. The second-order valence-corrected chi connectivity index (χ2v) is 6.39. The maximum absolute atomic E-state index is 4.36. The van der Waals surface area contributed by atoms with Crippen LogP contribution in [0.15, 0.2) is 55.0 Å². The zero-order chi connectivity index (χ0) is 14.2. The van der Waals surface area contributed by atoms with Crippen molar-refractivity contribution >= 4 is 28.3 Å². The van der Waals surface area contributed by atoms with Crippen LogP contribution in [-0.4, -0.2) is 16.1 Å². The zero-order valence-electron chi connectivity index (χ0n) is 11.4. The average Bonchev–Trinajstić information content (AvgIpc) is 3.16. The molecule has 0 atom stereocenters. The van der Waals surface area contributed by atoms with E-state index in [-0.39, 0.29) is 0 Å². The molecule has 1 N–H and O–H groups in total. The Labute approximate surface area is 137 Å². The van der Waals surface area contributed by atoms with E-state index in [4.69, 9.17) is 0 Å².